The average molecular weight is 580 g/mol. The number of benzene rings is 2. The minimum Gasteiger partial charge on any atom is -0.496 e. The summed E-state index contributed by atoms with van der Waals surface area (Å²) in [6, 6.07) is 13.7. The lowest BCUT2D eigenvalue weighted by atomic mass is 9.94. The Kier molecular flexibility index (Phi) is 7.24. The number of nitriles is 1. The molecule has 0 saturated heterocycles. The Morgan fingerprint density at radius 2 is 2.02 bits per heavy atom. The van der Waals surface area contributed by atoms with Crippen LogP contribution in [0.15, 0.2) is 89.3 Å². The number of fused-ring (bicyclic) bond motifs is 1. The Bertz CT molecular complexity index is 1830. The number of nitrogens with one attached hydrogen (secondary N) is 1. The summed E-state index contributed by atoms with van der Waals surface area (Å²) in [5, 5.41) is 16.5. The lowest BCUT2D eigenvalue weighted by molar-refractivity contribution is -0.688. The molecule has 4 aromatic rings. The van der Waals surface area contributed by atoms with Crippen molar-refractivity contribution in [3.63, 3.8) is 0 Å². The predicted octanol–water partition coefficient (Wildman–Crippen LogP) is 4.44. The van der Waals surface area contributed by atoms with Crippen LogP contribution in [0.3, 0.4) is 0 Å². The first-order chi connectivity index (χ1) is 19.7. The predicted molar refractivity (Wildman–Crippen MR) is 141 cm³/mol. The fourth-order valence-corrected chi connectivity index (χ4v) is 4.99. The summed E-state index contributed by atoms with van der Waals surface area (Å²) in [6.07, 6.45) is -0.190. The van der Waals surface area contributed by atoms with Crippen molar-refractivity contribution in [1.82, 2.24) is 14.8 Å². The number of pyridine rings is 1. The highest BCUT2D eigenvalue weighted by Crippen LogP contribution is 2.43. The number of halogens is 4. The molecule has 0 bridgehead atoms. The first kappa shape index (κ1) is 27.5. The number of ether oxygens (including phenoxy) is 1. The van der Waals surface area contributed by atoms with Gasteiger partial charge < -0.3 is 4.74 Å². The second-order valence-corrected chi connectivity index (χ2v) is 9.36. The monoisotopic (exact) mass is 579 g/mol. The number of aromatic amines is 1. The first-order valence-electron chi connectivity index (χ1n) is 12.0. The second-order valence-electron chi connectivity index (χ2n) is 8.92. The van der Waals surface area contributed by atoms with Gasteiger partial charge >= 0.3 is 11.9 Å². The second kappa shape index (κ2) is 10.8. The Morgan fingerprint density at radius 1 is 1.22 bits per heavy atom. The molecule has 0 saturated carbocycles. The van der Waals surface area contributed by atoms with E-state index in [1.165, 1.54) is 28.7 Å². The fraction of sp³-hybridized carbons (Fsp3) is 0.143. The van der Waals surface area contributed by atoms with E-state index in [4.69, 9.17) is 16.3 Å². The highest BCUT2D eigenvalue weighted by atomic mass is 35.5. The van der Waals surface area contributed by atoms with E-state index in [-0.39, 0.29) is 29.6 Å². The Morgan fingerprint density at radius 3 is 2.71 bits per heavy atom. The number of H-pyrrole nitrogens is 1. The molecule has 206 valence electrons. The quantitative estimate of drug-likeness (QED) is 0.267. The number of nitrogens with zero attached hydrogens (tertiary/aromatic N) is 5. The third-order valence-electron chi connectivity index (χ3n) is 6.47. The maximum Gasteiger partial charge on any atom is 0.416 e. The van der Waals surface area contributed by atoms with Crippen LogP contribution in [0.2, 0.25) is 5.02 Å². The van der Waals surface area contributed by atoms with E-state index in [9.17, 15) is 28.0 Å². The average Bonchev–Trinajstić information content (AvgIpc) is 3.33. The highest BCUT2D eigenvalue weighted by Gasteiger charge is 2.40. The molecule has 9 nitrogen and oxygen atoms in total. The minimum atomic E-state index is -4.65. The van der Waals surface area contributed by atoms with Crippen molar-refractivity contribution in [2.24, 2.45) is 0 Å². The van der Waals surface area contributed by atoms with Gasteiger partial charge in [0.2, 0.25) is 5.95 Å². The van der Waals surface area contributed by atoms with Crippen LogP contribution in [0.1, 0.15) is 28.3 Å². The number of allylic oxidation sites excluding steroid dienone is 2. The molecule has 3 heterocycles. The number of aromatic nitrogens is 4. The summed E-state index contributed by atoms with van der Waals surface area (Å²) in [5.41, 5.74) is -0.161. The van der Waals surface area contributed by atoms with Crippen LogP contribution in [0.25, 0.3) is 0 Å². The number of anilines is 2. The Labute approximate surface area is 235 Å². The maximum atomic E-state index is 13.6. The van der Waals surface area contributed by atoms with E-state index in [0.717, 1.165) is 18.2 Å². The zero-order chi connectivity index (χ0) is 29.3. The zero-order valence-electron chi connectivity index (χ0n) is 21.2. The standard InChI is InChI=1S/C28H18ClF3N6O3/c1-41-25-23(9-11-39)37(21-6-2-4-19(13-21)28(30,31)32)26-34-35-27(40)38(26)24(25)22-8-7-17(14-33)12-18(22)15-36-10-3-5-20(29)16-36/h2-10,12-13,16,24H,15H2,1H3/p+1/t24-/m1/s1. The molecule has 2 aromatic carbocycles. The summed E-state index contributed by atoms with van der Waals surface area (Å²) in [4.78, 5) is 26.1. The number of hydrogen-bond acceptors (Lipinski definition) is 6. The van der Waals surface area contributed by atoms with Crippen molar-refractivity contribution in [3.05, 3.63) is 122 Å². The van der Waals surface area contributed by atoms with E-state index < -0.39 is 23.5 Å². The molecule has 41 heavy (non-hydrogen) atoms. The summed E-state index contributed by atoms with van der Waals surface area (Å²) in [6.45, 7) is 0.233. The molecular formula is C28H19ClF3N6O3+. The van der Waals surface area contributed by atoms with E-state index in [2.05, 4.69) is 16.3 Å². The number of alkyl halides is 3. The van der Waals surface area contributed by atoms with Crippen LogP contribution < -0.4 is 15.2 Å². The normalized spacial score (nSPS) is 14.7. The smallest absolute Gasteiger partial charge is 0.416 e. The van der Waals surface area contributed by atoms with Crippen molar-refractivity contribution < 1.29 is 27.3 Å². The SMILES string of the molecule is COC1=C(C=C=O)N(c2cccc(C(F)(F)F)c2)c2n[nH]c(=O)n2[C@@H]1c1ccc(C#N)cc1C[n+]1cccc(Cl)c1. The van der Waals surface area contributed by atoms with Crippen LogP contribution >= 0.6 is 11.6 Å². The summed E-state index contributed by atoms with van der Waals surface area (Å²) >= 11 is 6.17. The van der Waals surface area contributed by atoms with Gasteiger partial charge in [0.15, 0.2) is 18.9 Å². The Balaban J connectivity index is 1.78. The van der Waals surface area contributed by atoms with Gasteiger partial charge in [0.05, 0.1) is 24.3 Å². The fourth-order valence-electron chi connectivity index (χ4n) is 4.79. The molecule has 1 aliphatic heterocycles. The van der Waals surface area contributed by atoms with Crippen LogP contribution in [0.5, 0.6) is 0 Å². The number of methoxy groups -OCH3 is 1. The third-order valence-corrected chi connectivity index (χ3v) is 6.70. The van der Waals surface area contributed by atoms with Crippen LogP contribution in [-0.4, -0.2) is 27.8 Å². The van der Waals surface area contributed by atoms with Gasteiger partial charge in [-0.05, 0) is 42.0 Å². The maximum absolute atomic E-state index is 13.6. The molecule has 0 aliphatic carbocycles. The van der Waals surface area contributed by atoms with E-state index >= 15 is 0 Å². The van der Waals surface area contributed by atoms with Crippen molar-refractivity contribution in [1.29, 1.82) is 5.26 Å². The van der Waals surface area contributed by atoms with Crippen LogP contribution in [0, 0.1) is 11.3 Å². The van der Waals surface area contributed by atoms with Crippen molar-refractivity contribution in [2.45, 2.75) is 18.8 Å². The minimum absolute atomic E-state index is 0.0176. The third kappa shape index (κ3) is 5.12. The molecular weight excluding hydrogens is 561 g/mol. The first-order valence-corrected chi connectivity index (χ1v) is 12.3. The van der Waals surface area contributed by atoms with E-state index in [1.54, 1.807) is 53.2 Å². The van der Waals surface area contributed by atoms with Gasteiger partial charge in [-0.1, -0.05) is 23.7 Å². The zero-order valence-corrected chi connectivity index (χ0v) is 21.9. The van der Waals surface area contributed by atoms with E-state index in [0.29, 0.717) is 21.7 Å². The van der Waals surface area contributed by atoms with Crippen LogP contribution in [-0.2, 0) is 22.3 Å². The van der Waals surface area contributed by atoms with Gasteiger partial charge in [-0.2, -0.15) is 23.0 Å². The highest BCUT2D eigenvalue weighted by molar-refractivity contribution is 6.30. The van der Waals surface area contributed by atoms with Gasteiger partial charge in [-0.3, -0.25) is 4.90 Å². The van der Waals surface area contributed by atoms with Gasteiger partial charge in [0.25, 0.3) is 0 Å². The molecule has 0 radical (unpaired) electrons. The van der Waals surface area contributed by atoms with Gasteiger partial charge in [0.1, 0.15) is 28.5 Å². The molecule has 1 atom stereocenters. The summed E-state index contributed by atoms with van der Waals surface area (Å²) in [7, 11) is 1.32. The number of hydrogen-bond donors (Lipinski definition) is 1. The van der Waals surface area contributed by atoms with Gasteiger partial charge in [-0.25, -0.2) is 19.3 Å². The van der Waals surface area contributed by atoms with Gasteiger partial charge in [0, 0.05) is 23.4 Å². The molecule has 0 amide bonds. The molecule has 2 aromatic heterocycles. The molecule has 0 unspecified atom stereocenters. The summed E-state index contributed by atoms with van der Waals surface area (Å²) < 4.78 is 49.5. The number of carbonyl (C=O) groups excluding carboxylic acids is 1. The lowest BCUT2D eigenvalue weighted by Crippen LogP contribution is -2.38. The Hall–Kier alpha value is -5.11. The van der Waals surface area contributed by atoms with Gasteiger partial charge in [-0.15, -0.1) is 5.10 Å². The number of rotatable bonds is 6. The van der Waals surface area contributed by atoms with Crippen LogP contribution in [0.4, 0.5) is 24.8 Å². The summed E-state index contributed by atoms with van der Waals surface area (Å²) in [5.74, 6) is 1.64. The van der Waals surface area contributed by atoms with Crippen molar-refractivity contribution >= 4 is 29.2 Å². The molecule has 13 heteroatoms. The molecule has 5 rings (SSSR count). The largest absolute Gasteiger partial charge is 0.496 e. The van der Waals surface area contributed by atoms with E-state index in [1.807, 2.05) is 0 Å². The van der Waals surface area contributed by atoms with Crippen molar-refractivity contribution in [2.75, 3.05) is 12.0 Å². The topological polar surface area (TPSA) is 108 Å². The molecule has 0 fully saturated rings. The molecule has 1 aliphatic rings. The lowest BCUT2D eigenvalue weighted by Gasteiger charge is -2.35. The molecule has 1 N–H and O–H groups in total. The molecule has 0 spiro atoms. The van der Waals surface area contributed by atoms with Crippen molar-refractivity contribution in [3.8, 4) is 6.07 Å².